The molecule has 0 aliphatic heterocycles. The third-order valence-corrected chi connectivity index (χ3v) is 5.49. The van der Waals surface area contributed by atoms with Crippen LogP contribution in [0.4, 0.5) is 5.82 Å². The fourth-order valence-corrected chi connectivity index (χ4v) is 3.75. The summed E-state index contributed by atoms with van der Waals surface area (Å²) in [5, 5.41) is 22.1. The molecular formula is C25H22N8O3. The molecule has 180 valence electrons. The van der Waals surface area contributed by atoms with Gasteiger partial charge in [-0.3, -0.25) is 4.79 Å². The number of nitrogens with zero attached hydrogens (tertiary/aromatic N) is 6. The Balaban J connectivity index is 1.50. The average molecular weight is 483 g/mol. The van der Waals surface area contributed by atoms with Gasteiger partial charge in [0.15, 0.2) is 5.69 Å². The van der Waals surface area contributed by atoms with Crippen molar-refractivity contribution in [2.45, 2.75) is 13.8 Å². The van der Waals surface area contributed by atoms with Gasteiger partial charge in [-0.15, -0.1) is 5.10 Å². The maximum atomic E-state index is 13.2. The number of carbonyl (C=O) groups is 1. The minimum atomic E-state index is -0.562. The second-order valence-electron chi connectivity index (χ2n) is 7.83. The molecule has 0 bridgehead atoms. The summed E-state index contributed by atoms with van der Waals surface area (Å²) in [6.45, 7) is 4.18. The van der Waals surface area contributed by atoms with Crippen LogP contribution >= 0.6 is 0 Å². The second kappa shape index (κ2) is 9.66. The van der Waals surface area contributed by atoms with Gasteiger partial charge in [-0.25, -0.2) is 10.1 Å². The highest BCUT2D eigenvalue weighted by Gasteiger charge is 2.25. The third kappa shape index (κ3) is 4.37. The molecule has 11 nitrogen and oxygen atoms in total. The van der Waals surface area contributed by atoms with Gasteiger partial charge in [0, 0.05) is 5.56 Å². The van der Waals surface area contributed by atoms with Crippen LogP contribution in [0.15, 0.2) is 76.5 Å². The topological polar surface area (TPSA) is 146 Å². The highest BCUT2D eigenvalue weighted by atomic mass is 16.6. The lowest BCUT2D eigenvalue weighted by molar-refractivity contribution is 0.0950. The number of fused-ring (bicyclic) bond motifs is 1. The van der Waals surface area contributed by atoms with Crippen molar-refractivity contribution in [1.82, 2.24) is 30.7 Å². The summed E-state index contributed by atoms with van der Waals surface area (Å²) in [5.41, 5.74) is 10.9. The van der Waals surface area contributed by atoms with Crippen molar-refractivity contribution < 1.29 is 14.2 Å². The Bertz CT molecular complexity index is 1590. The SMILES string of the molecule is CCOc1cccc(-c2c(C(=O)N/N=C(/C)c3ccc4ccccc4c3)nnn2-c2nonc2N)c1. The number of nitrogens with one attached hydrogen (secondary N) is 1. The number of amides is 1. The van der Waals surface area contributed by atoms with Crippen molar-refractivity contribution in [3.63, 3.8) is 0 Å². The second-order valence-corrected chi connectivity index (χ2v) is 7.83. The first-order valence-corrected chi connectivity index (χ1v) is 11.2. The van der Waals surface area contributed by atoms with Crippen LogP contribution in [0.2, 0.25) is 0 Å². The van der Waals surface area contributed by atoms with E-state index in [1.807, 2.05) is 62.4 Å². The summed E-state index contributed by atoms with van der Waals surface area (Å²) in [4.78, 5) is 13.2. The third-order valence-electron chi connectivity index (χ3n) is 5.49. The van der Waals surface area contributed by atoms with E-state index >= 15 is 0 Å². The molecule has 0 atom stereocenters. The number of nitrogens with two attached hydrogens (primary N) is 1. The van der Waals surface area contributed by atoms with Crippen LogP contribution in [0.3, 0.4) is 0 Å². The number of hydrogen-bond acceptors (Lipinski definition) is 9. The predicted octanol–water partition coefficient (Wildman–Crippen LogP) is 3.61. The molecule has 3 N–H and O–H groups in total. The van der Waals surface area contributed by atoms with Crippen molar-refractivity contribution in [3.05, 3.63) is 78.0 Å². The largest absolute Gasteiger partial charge is 0.494 e. The lowest BCUT2D eigenvalue weighted by atomic mass is 10.0. The molecule has 5 aromatic rings. The van der Waals surface area contributed by atoms with Crippen LogP contribution in [-0.4, -0.2) is 43.5 Å². The van der Waals surface area contributed by atoms with E-state index < -0.39 is 5.91 Å². The van der Waals surface area contributed by atoms with Crippen LogP contribution in [0.1, 0.15) is 29.9 Å². The molecular weight excluding hydrogens is 460 g/mol. The number of benzene rings is 3. The van der Waals surface area contributed by atoms with E-state index in [9.17, 15) is 4.79 Å². The molecule has 0 aliphatic carbocycles. The first kappa shape index (κ1) is 22.7. The van der Waals surface area contributed by atoms with Gasteiger partial charge in [-0.2, -0.15) is 9.78 Å². The Labute approximate surface area is 205 Å². The van der Waals surface area contributed by atoms with Crippen LogP contribution in [0, 0.1) is 0 Å². The fourth-order valence-electron chi connectivity index (χ4n) is 3.75. The monoisotopic (exact) mass is 482 g/mol. The number of nitrogen functional groups attached to an aromatic ring is 1. The van der Waals surface area contributed by atoms with E-state index in [2.05, 4.69) is 31.2 Å². The molecule has 3 aromatic carbocycles. The summed E-state index contributed by atoms with van der Waals surface area (Å²) in [5.74, 6) is 0.159. The Morgan fingerprint density at radius 1 is 1.08 bits per heavy atom. The zero-order valence-electron chi connectivity index (χ0n) is 19.5. The summed E-state index contributed by atoms with van der Waals surface area (Å²) < 4.78 is 11.6. The molecule has 0 saturated heterocycles. The van der Waals surface area contributed by atoms with Gasteiger partial charge in [-0.05, 0) is 58.7 Å². The van der Waals surface area contributed by atoms with E-state index in [-0.39, 0.29) is 17.3 Å². The highest BCUT2D eigenvalue weighted by Crippen LogP contribution is 2.29. The Kier molecular flexibility index (Phi) is 6.10. The molecule has 0 saturated carbocycles. The smallest absolute Gasteiger partial charge is 0.294 e. The van der Waals surface area contributed by atoms with Gasteiger partial charge in [0.25, 0.3) is 5.91 Å². The first-order valence-electron chi connectivity index (χ1n) is 11.2. The molecule has 0 spiro atoms. The standard InChI is InChI=1S/C25H22N8O3/c1-3-35-20-10-6-9-19(14-20)22-21(28-32-33(22)24-23(26)30-36-31-24)25(34)29-27-15(2)17-12-11-16-7-4-5-8-18(16)13-17/h4-14H,3H2,1-2H3,(H2,26,30)(H,29,34)/b27-15-. The molecule has 0 fully saturated rings. The summed E-state index contributed by atoms with van der Waals surface area (Å²) >= 11 is 0. The molecule has 2 heterocycles. The molecule has 0 aliphatic rings. The molecule has 2 aromatic heterocycles. The van der Waals surface area contributed by atoms with Crippen molar-refractivity contribution in [2.75, 3.05) is 12.3 Å². The number of aromatic nitrogens is 5. The normalized spacial score (nSPS) is 11.6. The maximum Gasteiger partial charge on any atom is 0.294 e. The van der Waals surface area contributed by atoms with Gasteiger partial charge in [0.1, 0.15) is 11.4 Å². The number of hydrazone groups is 1. The Morgan fingerprint density at radius 3 is 2.69 bits per heavy atom. The van der Waals surface area contributed by atoms with Gasteiger partial charge < -0.3 is 10.5 Å². The minimum absolute atomic E-state index is 0.000703. The van der Waals surface area contributed by atoms with Crippen molar-refractivity contribution in [2.24, 2.45) is 5.10 Å². The van der Waals surface area contributed by atoms with Gasteiger partial charge in [0.05, 0.1) is 12.3 Å². The molecule has 0 radical (unpaired) electrons. The van der Waals surface area contributed by atoms with E-state index in [4.69, 9.17) is 15.1 Å². The molecule has 11 heteroatoms. The lowest BCUT2D eigenvalue weighted by Crippen LogP contribution is -2.21. The quantitative estimate of drug-likeness (QED) is 0.264. The minimum Gasteiger partial charge on any atom is -0.494 e. The molecule has 36 heavy (non-hydrogen) atoms. The van der Waals surface area contributed by atoms with E-state index in [1.165, 1.54) is 4.68 Å². The van der Waals surface area contributed by atoms with Crippen molar-refractivity contribution >= 4 is 28.2 Å². The maximum absolute atomic E-state index is 13.2. The van der Waals surface area contributed by atoms with Gasteiger partial charge >= 0.3 is 0 Å². The van der Waals surface area contributed by atoms with Crippen molar-refractivity contribution in [1.29, 1.82) is 0 Å². The average Bonchev–Trinajstić information content (AvgIpc) is 3.53. The van der Waals surface area contributed by atoms with Crippen molar-refractivity contribution in [3.8, 4) is 22.8 Å². The van der Waals surface area contributed by atoms with Crippen LogP contribution in [0.5, 0.6) is 5.75 Å². The zero-order chi connectivity index (χ0) is 25.1. The summed E-state index contributed by atoms with van der Waals surface area (Å²) in [6.07, 6.45) is 0. The van der Waals surface area contributed by atoms with Crippen LogP contribution in [0.25, 0.3) is 27.8 Å². The molecule has 5 rings (SSSR count). The number of hydrogen-bond donors (Lipinski definition) is 2. The van der Waals surface area contributed by atoms with E-state index in [0.29, 0.717) is 29.3 Å². The summed E-state index contributed by atoms with van der Waals surface area (Å²) in [7, 11) is 0. The first-order chi connectivity index (χ1) is 17.5. The lowest BCUT2D eigenvalue weighted by Gasteiger charge is -2.09. The zero-order valence-corrected chi connectivity index (χ0v) is 19.5. The summed E-state index contributed by atoms with van der Waals surface area (Å²) in [6, 6.07) is 21.2. The number of ether oxygens (including phenoxy) is 1. The Hall–Kier alpha value is -5.06. The van der Waals surface area contributed by atoms with E-state index in [1.54, 1.807) is 18.2 Å². The predicted molar refractivity (Wildman–Crippen MR) is 134 cm³/mol. The van der Waals surface area contributed by atoms with Gasteiger partial charge in [-0.1, -0.05) is 53.7 Å². The number of carbonyl (C=O) groups excluding carboxylic acids is 1. The van der Waals surface area contributed by atoms with Crippen LogP contribution < -0.4 is 15.9 Å². The molecule has 1 amide bonds. The molecule has 0 unspecified atom stereocenters. The van der Waals surface area contributed by atoms with Crippen LogP contribution in [-0.2, 0) is 0 Å². The highest BCUT2D eigenvalue weighted by molar-refractivity contribution is 6.04. The number of anilines is 1. The van der Waals surface area contributed by atoms with Gasteiger partial charge in [0.2, 0.25) is 11.6 Å². The number of rotatable bonds is 7. The fraction of sp³-hybridized carbons (Fsp3) is 0.120. The Morgan fingerprint density at radius 2 is 1.92 bits per heavy atom. The van der Waals surface area contributed by atoms with E-state index in [0.717, 1.165) is 16.3 Å².